The minimum absolute atomic E-state index is 0.0735. The molecular weight excluding hydrogens is 244 g/mol. The normalized spacial score (nSPS) is 18.5. The molecule has 1 saturated heterocycles. The molecule has 0 aliphatic carbocycles. The second-order valence-corrected chi connectivity index (χ2v) is 5.69. The van der Waals surface area contributed by atoms with E-state index in [2.05, 4.69) is 5.32 Å². The molecule has 1 atom stereocenters. The number of thiophene rings is 1. The molecule has 2 rings (SSSR count). The molecule has 88 valence electrons. The number of hydrogen-bond donors (Lipinski definition) is 1. The summed E-state index contributed by atoms with van der Waals surface area (Å²) in [6.45, 7) is 5.35. The highest BCUT2D eigenvalue weighted by Crippen LogP contribution is 2.29. The SMILES string of the molecule is CC(C(=O)N1CCNCC1)c1ccc(Cl)s1. The number of halogens is 1. The van der Waals surface area contributed by atoms with Crippen LogP contribution in [0.25, 0.3) is 0 Å². The summed E-state index contributed by atoms with van der Waals surface area (Å²) in [6.07, 6.45) is 0. The number of piperazine rings is 1. The Bertz CT molecular complexity index is 374. The van der Waals surface area contributed by atoms with Gasteiger partial charge in [0.1, 0.15) is 0 Å². The Hall–Kier alpha value is -0.580. The number of nitrogens with one attached hydrogen (secondary N) is 1. The fraction of sp³-hybridized carbons (Fsp3) is 0.545. The molecule has 1 fully saturated rings. The first-order valence-electron chi connectivity index (χ1n) is 5.43. The molecule has 1 N–H and O–H groups in total. The van der Waals surface area contributed by atoms with E-state index in [0.717, 1.165) is 35.4 Å². The van der Waals surface area contributed by atoms with E-state index in [1.54, 1.807) is 0 Å². The predicted octanol–water partition coefficient (Wildman–Crippen LogP) is 1.94. The highest BCUT2D eigenvalue weighted by Gasteiger charge is 2.24. The summed E-state index contributed by atoms with van der Waals surface area (Å²) in [6, 6.07) is 3.79. The fourth-order valence-corrected chi connectivity index (χ4v) is 2.95. The topological polar surface area (TPSA) is 32.3 Å². The van der Waals surface area contributed by atoms with Gasteiger partial charge < -0.3 is 10.2 Å². The molecule has 3 nitrogen and oxygen atoms in total. The minimum atomic E-state index is -0.0735. The number of carbonyl (C=O) groups excluding carboxylic acids is 1. The Labute approximate surface area is 104 Å². The number of hydrogen-bond acceptors (Lipinski definition) is 3. The standard InChI is InChI=1S/C11H15ClN2OS/c1-8(9-2-3-10(12)16-9)11(15)14-6-4-13-5-7-14/h2-3,8,13H,4-7H2,1H3. The van der Waals surface area contributed by atoms with Crippen LogP contribution in [0.5, 0.6) is 0 Å². The third kappa shape index (κ3) is 2.56. The van der Waals surface area contributed by atoms with Crippen molar-refractivity contribution in [1.82, 2.24) is 10.2 Å². The maximum Gasteiger partial charge on any atom is 0.230 e. The molecular formula is C11H15ClN2OS. The van der Waals surface area contributed by atoms with Crippen molar-refractivity contribution >= 4 is 28.8 Å². The van der Waals surface area contributed by atoms with Gasteiger partial charge in [0.2, 0.25) is 5.91 Å². The highest BCUT2D eigenvalue weighted by atomic mass is 35.5. The van der Waals surface area contributed by atoms with Crippen LogP contribution in [0.15, 0.2) is 12.1 Å². The first-order chi connectivity index (χ1) is 7.68. The molecule has 0 bridgehead atoms. The van der Waals surface area contributed by atoms with Gasteiger partial charge in [-0.2, -0.15) is 0 Å². The molecule has 1 aliphatic heterocycles. The monoisotopic (exact) mass is 258 g/mol. The minimum Gasteiger partial charge on any atom is -0.340 e. The van der Waals surface area contributed by atoms with E-state index in [0.29, 0.717) is 0 Å². The smallest absolute Gasteiger partial charge is 0.230 e. The summed E-state index contributed by atoms with van der Waals surface area (Å²) < 4.78 is 0.745. The van der Waals surface area contributed by atoms with E-state index >= 15 is 0 Å². The first kappa shape index (κ1) is 11.9. The summed E-state index contributed by atoms with van der Waals surface area (Å²) in [4.78, 5) is 15.1. The van der Waals surface area contributed by atoms with E-state index < -0.39 is 0 Å². The van der Waals surface area contributed by atoms with Crippen LogP contribution in [0.3, 0.4) is 0 Å². The Morgan fingerprint density at radius 3 is 2.75 bits per heavy atom. The third-order valence-corrected chi connectivity index (χ3v) is 4.23. The van der Waals surface area contributed by atoms with E-state index in [4.69, 9.17) is 11.6 Å². The van der Waals surface area contributed by atoms with Crippen molar-refractivity contribution < 1.29 is 4.79 Å². The Morgan fingerprint density at radius 2 is 2.19 bits per heavy atom. The van der Waals surface area contributed by atoms with Crippen LogP contribution in [0, 0.1) is 0 Å². The summed E-state index contributed by atoms with van der Waals surface area (Å²) in [5, 5.41) is 3.24. The number of amides is 1. The lowest BCUT2D eigenvalue weighted by Gasteiger charge is -2.29. The first-order valence-corrected chi connectivity index (χ1v) is 6.62. The van der Waals surface area contributed by atoms with Gasteiger partial charge in [-0.05, 0) is 19.1 Å². The lowest BCUT2D eigenvalue weighted by Crippen LogP contribution is -2.47. The van der Waals surface area contributed by atoms with E-state index in [9.17, 15) is 4.79 Å². The Kier molecular flexibility index (Phi) is 3.84. The van der Waals surface area contributed by atoms with Crippen LogP contribution in [0.4, 0.5) is 0 Å². The third-order valence-electron chi connectivity index (χ3n) is 2.82. The molecule has 5 heteroatoms. The number of carbonyl (C=O) groups is 1. The van der Waals surface area contributed by atoms with Crippen LogP contribution in [0.1, 0.15) is 17.7 Å². The van der Waals surface area contributed by atoms with Gasteiger partial charge in [-0.3, -0.25) is 4.79 Å². The second-order valence-electron chi connectivity index (χ2n) is 3.94. The molecule has 0 aromatic carbocycles. The van der Waals surface area contributed by atoms with E-state index in [1.807, 2.05) is 24.0 Å². The van der Waals surface area contributed by atoms with Crippen molar-refractivity contribution in [3.8, 4) is 0 Å². The second kappa shape index (κ2) is 5.17. The molecule has 1 aromatic rings. The molecule has 2 heterocycles. The summed E-state index contributed by atoms with van der Waals surface area (Å²) in [5.74, 6) is 0.135. The van der Waals surface area contributed by atoms with Gasteiger partial charge in [-0.25, -0.2) is 0 Å². The van der Waals surface area contributed by atoms with Crippen LogP contribution in [-0.4, -0.2) is 37.0 Å². The molecule has 1 amide bonds. The number of nitrogens with zero attached hydrogens (tertiary/aromatic N) is 1. The number of rotatable bonds is 2. The van der Waals surface area contributed by atoms with Gasteiger partial charge in [0.15, 0.2) is 0 Å². The molecule has 1 aliphatic rings. The average molecular weight is 259 g/mol. The average Bonchev–Trinajstić information content (AvgIpc) is 2.75. The van der Waals surface area contributed by atoms with Crippen LogP contribution in [-0.2, 0) is 4.79 Å². The summed E-state index contributed by atoms with van der Waals surface area (Å²) in [7, 11) is 0. The van der Waals surface area contributed by atoms with Gasteiger partial charge in [-0.15, -0.1) is 11.3 Å². The summed E-state index contributed by atoms with van der Waals surface area (Å²) in [5.41, 5.74) is 0. The highest BCUT2D eigenvalue weighted by molar-refractivity contribution is 7.16. The van der Waals surface area contributed by atoms with Crippen molar-refractivity contribution in [3.05, 3.63) is 21.3 Å². The zero-order chi connectivity index (χ0) is 11.5. The van der Waals surface area contributed by atoms with Gasteiger partial charge >= 0.3 is 0 Å². The summed E-state index contributed by atoms with van der Waals surface area (Å²) >= 11 is 7.37. The molecule has 0 saturated carbocycles. The zero-order valence-electron chi connectivity index (χ0n) is 9.20. The lowest BCUT2D eigenvalue weighted by molar-refractivity contribution is -0.132. The van der Waals surface area contributed by atoms with Crippen LogP contribution >= 0.6 is 22.9 Å². The maximum atomic E-state index is 12.2. The predicted molar refractivity (Wildman–Crippen MR) is 67.2 cm³/mol. The fourth-order valence-electron chi connectivity index (χ4n) is 1.84. The molecule has 1 aromatic heterocycles. The largest absolute Gasteiger partial charge is 0.340 e. The van der Waals surface area contributed by atoms with E-state index in [1.165, 1.54) is 11.3 Å². The zero-order valence-corrected chi connectivity index (χ0v) is 10.8. The molecule has 0 radical (unpaired) electrons. The molecule has 1 unspecified atom stereocenters. The van der Waals surface area contributed by atoms with Gasteiger partial charge in [0.25, 0.3) is 0 Å². The van der Waals surface area contributed by atoms with Crippen molar-refractivity contribution in [2.75, 3.05) is 26.2 Å². The van der Waals surface area contributed by atoms with Crippen LogP contribution < -0.4 is 5.32 Å². The van der Waals surface area contributed by atoms with Crippen molar-refractivity contribution in [2.45, 2.75) is 12.8 Å². The lowest BCUT2D eigenvalue weighted by atomic mass is 10.1. The molecule has 16 heavy (non-hydrogen) atoms. The van der Waals surface area contributed by atoms with Crippen LogP contribution in [0.2, 0.25) is 4.34 Å². The van der Waals surface area contributed by atoms with Crippen molar-refractivity contribution in [3.63, 3.8) is 0 Å². The van der Waals surface area contributed by atoms with E-state index in [-0.39, 0.29) is 11.8 Å². The quantitative estimate of drug-likeness (QED) is 0.879. The van der Waals surface area contributed by atoms with Crippen molar-refractivity contribution in [1.29, 1.82) is 0 Å². The molecule has 0 spiro atoms. The van der Waals surface area contributed by atoms with Gasteiger partial charge in [0, 0.05) is 31.1 Å². The van der Waals surface area contributed by atoms with Gasteiger partial charge in [-0.1, -0.05) is 11.6 Å². The Balaban J connectivity index is 2.03. The van der Waals surface area contributed by atoms with Gasteiger partial charge in [0.05, 0.1) is 10.3 Å². The van der Waals surface area contributed by atoms with Crippen molar-refractivity contribution in [2.24, 2.45) is 0 Å². The Morgan fingerprint density at radius 1 is 1.50 bits per heavy atom. The maximum absolute atomic E-state index is 12.2.